The molecule has 0 radical (unpaired) electrons. The van der Waals surface area contributed by atoms with Crippen molar-refractivity contribution < 1.29 is 24.5 Å². The fraction of sp³-hybridized carbons (Fsp3) is 0.698. The summed E-state index contributed by atoms with van der Waals surface area (Å²) in [4.78, 5) is 26.1. The van der Waals surface area contributed by atoms with E-state index >= 15 is 0 Å². The Hall–Kier alpha value is -2.96. The molecule has 3 atom stereocenters. The maximum atomic E-state index is 13.2. The van der Waals surface area contributed by atoms with Crippen LogP contribution in [0.15, 0.2) is 85.1 Å². The Morgan fingerprint density at radius 2 is 1.02 bits per heavy atom. The van der Waals surface area contributed by atoms with Gasteiger partial charge in [0.25, 0.3) is 0 Å². The summed E-state index contributed by atoms with van der Waals surface area (Å²) in [6.45, 7) is 6.25. The number of allylic oxidation sites excluding steroid dienone is 14. The van der Waals surface area contributed by atoms with E-state index in [0.29, 0.717) is 19.3 Å². The van der Waals surface area contributed by atoms with E-state index in [1.807, 2.05) is 24.3 Å². The highest BCUT2D eigenvalue weighted by molar-refractivity contribution is 5.77. The van der Waals surface area contributed by atoms with Crippen molar-refractivity contribution in [3.05, 3.63) is 85.1 Å². The van der Waals surface area contributed by atoms with Gasteiger partial charge in [-0.15, -0.1) is 0 Å². The summed E-state index contributed by atoms with van der Waals surface area (Å²) in [6, 6.07) is -0.714. The average molecular weight is 822 g/mol. The molecule has 6 nitrogen and oxygen atoms in total. The van der Waals surface area contributed by atoms with Gasteiger partial charge in [0.05, 0.1) is 25.2 Å². The van der Waals surface area contributed by atoms with Gasteiger partial charge in [-0.25, -0.2) is 0 Å². The van der Waals surface area contributed by atoms with Crippen LogP contribution in [0.1, 0.15) is 213 Å². The van der Waals surface area contributed by atoms with E-state index in [1.165, 1.54) is 57.8 Å². The van der Waals surface area contributed by atoms with Crippen LogP contribution in [0, 0.1) is 0 Å². The second-order valence-corrected chi connectivity index (χ2v) is 16.2. The molecule has 0 spiro atoms. The average Bonchev–Trinajstić information content (AvgIpc) is 3.23. The Balaban J connectivity index is 4.65. The third kappa shape index (κ3) is 41.6. The van der Waals surface area contributed by atoms with Crippen LogP contribution in [0.2, 0.25) is 0 Å². The molecule has 0 fully saturated rings. The van der Waals surface area contributed by atoms with Crippen molar-refractivity contribution in [3.63, 3.8) is 0 Å². The molecule has 0 saturated carbocycles. The fourth-order valence-electron chi connectivity index (χ4n) is 6.91. The number of ether oxygens (including phenoxy) is 1. The molecule has 59 heavy (non-hydrogen) atoms. The number of nitrogens with one attached hydrogen (secondary N) is 1. The minimum Gasteiger partial charge on any atom is -0.462 e. The lowest BCUT2D eigenvalue weighted by Crippen LogP contribution is -2.46. The van der Waals surface area contributed by atoms with Crippen LogP contribution in [0.3, 0.4) is 0 Å². The smallest absolute Gasteiger partial charge is 0.306 e. The molecule has 0 aliphatic heterocycles. The number of hydrogen-bond donors (Lipinski definition) is 3. The molecule has 3 unspecified atom stereocenters. The first-order valence-corrected chi connectivity index (χ1v) is 24.4. The molecule has 0 aromatic rings. The fourth-order valence-corrected chi connectivity index (χ4v) is 6.91. The summed E-state index contributed by atoms with van der Waals surface area (Å²) >= 11 is 0. The normalized spacial score (nSPS) is 14.1. The number of aliphatic hydroxyl groups excluding tert-OH is 2. The Kier molecular flexibility index (Phi) is 43.8. The van der Waals surface area contributed by atoms with Crippen LogP contribution in [0.4, 0.5) is 0 Å². The maximum absolute atomic E-state index is 13.2. The van der Waals surface area contributed by atoms with E-state index in [-0.39, 0.29) is 24.9 Å². The van der Waals surface area contributed by atoms with E-state index in [4.69, 9.17) is 4.74 Å². The number of carbonyl (C=O) groups is 2. The van der Waals surface area contributed by atoms with Crippen LogP contribution < -0.4 is 5.32 Å². The SMILES string of the molecule is CC/C=C/C/C=C/CCCCCCCC(CC(=O)NC(CO)C(O)CCCCCCCCCCCC)OC(=O)CCCCCCC/C=C/C=C/C=C/C=C/C=C/CCC. The molecule has 338 valence electrons. The Morgan fingerprint density at radius 1 is 0.525 bits per heavy atom. The standard InChI is InChI=1S/C53H91NO5/c1-4-7-10-13-16-19-22-24-25-26-27-28-29-31-34-37-40-43-46-53(58)59-49(44-41-38-35-32-30-23-20-17-14-11-8-5-2)47-52(57)54-50(48-55)51(56)45-42-39-36-33-21-18-15-12-9-6-3/h8,10-11,13,16-17,19-20,22,24-28,49-51,55-56H,4-7,9,12,14-15,18,21,23,29-48H2,1-3H3,(H,54,57)/b11-8+,13-10+,19-16+,20-17+,24-22+,26-25+,28-27+. The van der Waals surface area contributed by atoms with Crippen molar-refractivity contribution in [2.75, 3.05) is 6.61 Å². The number of esters is 1. The highest BCUT2D eigenvalue weighted by Crippen LogP contribution is 2.17. The van der Waals surface area contributed by atoms with Gasteiger partial charge in [-0.05, 0) is 70.6 Å². The summed E-state index contributed by atoms with van der Waals surface area (Å²) < 4.78 is 5.90. The molecule has 0 aromatic carbocycles. The first-order valence-electron chi connectivity index (χ1n) is 24.4. The van der Waals surface area contributed by atoms with Crippen molar-refractivity contribution in [3.8, 4) is 0 Å². The highest BCUT2D eigenvalue weighted by atomic mass is 16.5. The summed E-state index contributed by atoms with van der Waals surface area (Å²) in [7, 11) is 0. The largest absolute Gasteiger partial charge is 0.462 e. The van der Waals surface area contributed by atoms with Gasteiger partial charge in [-0.3, -0.25) is 9.59 Å². The third-order valence-corrected chi connectivity index (χ3v) is 10.6. The molecule has 0 heterocycles. The van der Waals surface area contributed by atoms with Crippen molar-refractivity contribution in [2.45, 2.75) is 232 Å². The van der Waals surface area contributed by atoms with E-state index in [1.54, 1.807) is 0 Å². The Bertz CT molecular complexity index is 1150. The zero-order valence-corrected chi connectivity index (χ0v) is 38.4. The zero-order valence-electron chi connectivity index (χ0n) is 38.4. The van der Waals surface area contributed by atoms with Crippen LogP contribution >= 0.6 is 0 Å². The number of hydrogen-bond acceptors (Lipinski definition) is 5. The Morgan fingerprint density at radius 3 is 1.59 bits per heavy atom. The van der Waals surface area contributed by atoms with Crippen molar-refractivity contribution in [2.24, 2.45) is 0 Å². The monoisotopic (exact) mass is 822 g/mol. The molecule has 3 N–H and O–H groups in total. The van der Waals surface area contributed by atoms with E-state index in [9.17, 15) is 19.8 Å². The van der Waals surface area contributed by atoms with Gasteiger partial charge < -0.3 is 20.3 Å². The minimum atomic E-state index is -0.799. The van der Waals surface area contributed by atoms with Crippen LogP contribution in [-0.2, 0) is 14.3 Å². The van der Waals surface area contributed by atoms with E-state index < -0.39 is 18.2 Å². The Labute approximate surface area is 363 Å². The predicted molar refractivity (Wildman–Crippen MR) is 254 cm³/mol. The van der Waals surface area contributed by atoms with Crippen molar-refractivity contribution in [1.29, 1.82) is 0 Å². The molecule has 0 bridgehead atoms. The van der Waals surface area contributed by atoms with Crippen LogP contribution in [-0.4, -0.2) is 46.9 Å². The summed E-state index contributed by atoms with van der Waals surface area (Å²) in [6.07, 6.45) is 59.2. The predicted octanol–water partition coefficient (Wildman–Crippen LogP) is 14.4. The van der Waals surface area contributed by atoms with Gasteiger partial charge in [0.15, 0.2) is 0 Å². The van der Waals surface area contributed by atoms with E-state index in [0.717, 1.165) is 109 Å². The van der Waals surface area contributed by atoms with E-state index in [2.05, 4.69) is 86.8 Å². The van der Waals surface area contributed by atoms with Gasteiger partial charge in [0.1, 0.15) is 6.10 Å². The number of unbranched alkanes of at least 4 members (excludes halogenated alkanes) is 20. The van der Waals surface area contributed by atoms with Gasteiger partial charge in [-0.2, -0.15) is 0 Å². The first kappa shape index (κ1) is 56.0. The first-order chi connectivity index (χ1) is 29.0. The quantitative estimate of drug-likeness (QED) is 0.0247. The second kappa shape index (κ2) is 46.1. The summed E-state index contributed by atoms with van der Waals surface area (Å²) in [5, 5.41) is 23.7. The van der Waals surface area contributed by atoms with Crippen molar-refractivity contribution >= 4 is 11.9 Å². The van der Waals surface area contributed by atoms with Crippen LogP contribution in [0.5, 0.6) is 0 Å². The van der Waals surface area contributed by atoms with Gasteiger partial charge in [-0.1, -0.05) is 215 Å². The lowest BCUT2D eigenvalue weighted by molar-refractivity contribution is -0.151. The lowest BCUT2D eigenvalue weighted by Gasteiger charge is -2.24. The number of amides is 1. The number of rotatable bonds is 42. The maximum Gasteiger partial charge on any atom is 0.306 e. The van der Waals surface area contributed by atoms with Crippen LogP contribution in [0.25, 0.3) is 0 Å². The zero-order chi connectivity index (χ0) is 43.1. The van der Waals surface area contributed by atoms with Gasteiger partial charge >= 0.3 is 5.97 Å². The lowest BCUT2D eigenvalue weighted by atomic mass is 10.0. The van der Waals surface area contributed by atoms with Gasteiger partial charge in [0, 0.05) is 6.42 Å². The molecule has 0 aliphatic rings. The second-order valence-electron chi connectivity index (χ2n) is 16.2. The number of aliphatic hydroxyl groups is 2. The van der Waals surface area contributed by atoms with Gasteiger partial charge in [0.2, 0.25) is 5.91 Å². The van der Waals surface area contributed by atoms with Crippen molar-refractivity contribution in [1.82, 2.24) is 5.32 Å². The topological polar surface area (TPSA) is 95.9 Å². The molecule has 0 aromatic heterocycles. The molecule has 0 aliphatic carbocycles. The summed E-state index contributed by atoms with van der Waals surface area (Å²) in [5.74, 6) is -0.524. The molecular weight excluding hydrogens is 731 g/mol. The molecule has 6 heteroatoms. The molecular formula is C53H91NO5. The summed E-state index contributed by atoms with van der Waals surface area (Å²) in [5.41, 5.74) is 0. The minimum absolute atomic E-state index is 0.0528. The number of carbonyl (C=O) groups excluding carboxylic acids is 2. The third-order valence-electron chi connectivity index (χ3n) is 10.6. The molecule has 0 saturated heterocycles. The molecule has 0 rings (SSSR count). The highest BCUT2D eigenvalue weighted by Gasteiger charge is 2.24. The molecule has 1 amide bonds.